The van der Waals surface area contributed by atoms with Gasteiger partial charge in [0.2, 0.25) is 0 Å². The third-order valence-electron chi connectivity index (χ3n) is 3.82. The molecule has 1 aliphatic rings. The van der Waals surface area contributed by atoms with Gasteiger partial charge in [-0.15, -0.1) is 0 Å². The van der Waals surface area contributed by atoms with E-state index in [1.165, 1.54) is 5.56 Å². The van der Waals surface area contributed by atoms with Crippen LogP contribution in [0.5, 0.6) is 5.75 Å². The second-order valence-corrected chi connectivity index (χ2v) is 5.20. The van der Waals surface area contributed by atoms with Crippen molar-refractivity contribution in [3.63, 3.8) is 0 Å². The molecule has 0 amide bonds. The number of benzene rings is 1. The van der Waals surface area contributed by atoms with Crippen molar-refractivity contribution in [2.24, 2.45) is 5.92 Å². The topological polar surface area (TPSA) is 30.5 Å². The van der Waals surface area contributed by atoms with Crippen LogP contribution in [0.25, 0.3) is 0 Å². The average Bonchev–Trinajstić information content (AvgIpc) is 2.98. The van der Waals surface area contributed by atoms with E-state index in [1.807, 2.05) is 12.1 Å². The molecule has 3 nitrogen and oxygen atoms in total. The van der Waals surface area contributed by atoms with Gasteiger partial charge in [-0.25, -0.2) is 0 Å². The molecule has 0 radical (unpaired) electrons. The van der Waals surface area contributed by atoms with E-state index < -0.39 is 0 Å². The van der Waals surface area contributed by atoms with Crippen molar-refractivity contribution in [2.75, 3.05) is 26.9 Å². The van der Waals surface area contributed by atoms with Crippen LogP contribution in [0.1, 0.15) is 25.3 Å². The third kappa shape index (κ3) is 3.95. The lowest BCUT2D eigenvalue weighted by atomic mass is 9.92. The lowest BCUT2D eigenvalue weighted by molar-refractivity contribution is 0.176. The van der Waals surface area contributed by atoms with Crippen LogP contribution in [-0.2, 0) is 11.2 Å². The van der Waals surface area contributed by atoms with Gasteiger partial charge in [0.1, 0.15) is 5.75 Å². The minimum absolute atomic E-state index is 0.485. The summed E-state index contributed by atoms with van der Waals surface area (Å²) in [6.07, 6.45) is 3.34. The van der Waals surface area contributed by atoms with E-state index in [1.54, 1.807) is 7.11 Å². The van der Waals surface area contributed by atoms with E-state index in [4.69, 9.17) is 9.47 Å². The molecule has 0 saturated carbocycles. The van der Waals surface area contributed by atoms with Crippen LogP contribution in [0.15, 0.2) is 24.3 Å². The summed E-state index contributed by atoms with van der Waals surface area (Å²) in [6.45, 7) is 5.06. The molecule has 2 atom stereocenters. The first-order chi connectivity index (χ1) is 9.35. The SMILES string of the molecule is CCCNC(Cc1ccccc1OC)C1CCOC1. The molecule has 1 aliphatic heterocycles. The van der Waals surface area contributed by atoms with Crippen LogP contribution >= 0.6 is 0 Å². The maximum absolute atomic E-state index is 5.54. The molecule has 1 saturated heterocycles. The Balaban J connectivity index is 2.05. The van der Waals surface area contributed by atoms with Crippen molar-refractivity contribution < 1.29 is 9.47 Å². The largest absolute Gasteiger partial charge is 0.496 e. The summed E-state index contributed by atoms with van der Waals surface area (Å²) in [5.41, 5.74) is 1.28. The molecule has 1 fully saturated rings. The molecule has 0 bridgehead atoms. The summed E-state index contributed by atoms with van der Waals surface area (Å²) < 4.78 is 11.0. The van der Waals surface area contributed by atoms with Crippen molar-refractivity contribution in [3.8, 4) is 5.75 Å². The maximum atomic E-state index is 5.54. The lowest BCUT2D eigenvalue weighted by Gasteiger charge is -2.24. The van der Waals surface area contributed by atoms with Gasteiger partial charge in [-0.3, -0.25) is 0 Å². The molecule has 106 valence electrons. The molecular formula is C16H25NO2. The summed E-state index contributed by atoms with van der Waals surface area (Å²) in [6, 6.07) is 8.79. The molecule has 2 unspecified atom stereocenters. The van der Waals surface area contributed by atoms with Gasteiger partial charge >= 0.3 is 0 Å². The molecule has 0 aliphatic carbocycles. The van der Waals surface area contributed by atoms with E-state index in [-0.39, 0.29) is 0 Å². The van der Waals surface area contributed by atoms with Gasteiger partial charge in [0.25, 0.3) is 0 Å². The number of para-hydroxylation sites is 1. The zero-order valence-corrected chi connectivity index (χ0v) is 12.0. The Labute approximate surface area is 116 Å². The van der Waals surface area contributed by atoms with E-state index in [2.05, 4.69) is 24.4 Å². The Kier molecular flexibility index (Phi) is 5.67. The summed E-state index contributed by atoms with van der Waals surface area (Å²) in [7, 11) is 1.74. The Morgan fingerprint density at radius 1 is 1.42 bits per heavy atom. The van der Waals surface area contributed by atoms with Crippen molar-refractivity contribution in [2.45, 2.75) is 32.2 Å². The fourth-order valence-electron chi connectivity index (χ4n) is 2.71. The predicted molar refractivity (Wildman–Crippen MR) is 77.7 cm³/mol. The number of ether oxygens (including phenoxy) is 2. The molecule has 3 heteroatoms. The van der Waals surface area contributed by atoms with Crippen molar-refractivity contribution in [3.05, 3.63) is 29.8 Å². The van der Waals surface area contributed by atoms with Crippen molar-refractivity contribution in [1.29, 1.82) is 0 Å². The molecule has 0 spiro atoms. The molecule has 2 rings (SSSR count). The third-order valence-corrected chi connectivity index (χ3v) is 3.82. The Morgan fingerprint density at radius 2 is 2.26 bits per heavy atom. The van der Waals surface area contributed by atoms with Gasteiger partial charge in [0, 0.05) is 18.6 Å². The van der Waals surface area contributed by atoms with Crippen LogP contribution < -0.4 is 10.1 Å². The summed E-state index contributed by atoms with van der Waals surface area (Å²) in [5.74, 6) is 1.61. The molecule has 1 aromatic carbocycles. The monoisotopic (exact) mass is 263 g/mol. The molecule has 19 heavy (non-hydrogen) atoms. The zero-order valence-electron chi connectivity index (χ0n) is 12.0. The fourth-order valence-corrected chi connectivity index (χ4v) is 2.71. The van der Waals surface area contributed by atoms with Gasteiger partial charge in [0.15, 0.2) is 0 Å². The molecule has 1 aromatic rings. The molecule has 1 N–H and O–H groups in total. The van der Waals surface area contributed by atoms with Crippen LogP contribution in [0.3, 0.4) is 0 Å². The van der Waals surface area contributed by atoms with E-state index in [9.17, 15) is 0 Å². The van der Waals surface area contributed by atoms with Crippen molar-refractivity contribution in [1.82, 2.24) is 5.32 Å². The van der Waals surface area contributed by atoms with E-state index in [0.717, 1.165) is 44.8 Å². The van der Waals surface area contributed by atoms with Gasteiger partial charge in [-0.2, -0.15) is 0 Å². The molecule has 0 aromatic heterocycles. The Hall–Kier alpha value is -1.06. The normalized spacial score (nSPS) is 20.4. The Bertz CT molecular complexity index is 375. The highest BCUT2D eigenvalue weighted by molar-refractivity contribution is 5.34. The average molecular weight is 263 g/mol. The Morgan fingerprint density at radius 3 is 2.95 bits per heavy atom. The van der Waals surface area contributed by atoms with Gasteiger partial charge in [-0.05, 0) is 37.4 Å². The summed E-state index contributed by atoms with van der Waals surface area (Å²) >= 11 is 0. The number of rotatable bonds is 7. The first-order valence-corrected chi connectivity index (χ1v) is 7.28. The zero-order chi connectivity index (χ0) is 13.5. The first kappa shape index (κ1) is 14.4. The number of methoxy groups -OCH3 is 1. The highest BCUT2D eigenvalue weighted by Crippen LogP contribution is 2.24. The van der Waals surface area contributed by atoms with Crippen LogP contribution in [-0.4, -0.2) is 32.9 Å². The summed E-state index contributed by atoms with van der Waals surface area (Å²) in [4.78, 5) is 0. The van der Waals surface area contributed by atoms with Gasteiger partial charge in [-0.1, -0.05) is 25.1 Å². The standard InChI is InChI=1S/C16H25NO2/c1-3-9-17-15(14-8-10-19-12-14)11-13-6-4-5-7-16(13)18-2/h4-7,14-15,17H,3,8-12H2,1-2H3. The molecule has 1 heterocycles. The second kappa shape index (κ2) is 7.51. The van der Waals surface area contributed by atoms with Gasteiger partial charge in [0.05, 0.1) is 13.7 Å². The maximum Gasteiger partial charge on any atom is 0.122 e. The van der Waals surface area contributed by atoms with E-state index in [0.29, 0.717) is 12.0 Å². The van der Waals surface area contributed by atoms with Crippen LogP contribution in [0, 0.1) is 5.92 Å². The fraction of sp³-hybridized carbons (Fsp3) is 0.625. The highest BCUT2D eigenvalue weighted by Gasteiger charge is 2.26. The lowest BCUT2D eigenvalue weighted by Crippen LogP contribution is -2.39. The first-order valence-electron chi connectivity index (χ1n) is 7.28. The highest BCUT2D eigenvalue weighted by atomic mass is 16.5. The second-order valence-electron chi connectivity index (χ2n) is 5.20. The number of hydrogen-bond donors (Lipinski definition) is 1. The minimum atomic E-state index is 0.485. The number of nitrogens with one attached hydrogen (secondary N) is 1. The molecular weight excluding hydrogens is 238 g/mol. The smallest absolute Gasteiger partial charge is 0.122 e. The minimum Gasteiger partial charge on any atom is -0.496 e. The summed E-state index contributed by atoms with van der Waals surface area (Å²) in [5, 5.41) is 3.68. The quantitative estimate of drug-likeness (QED) is 0.820. The van der Waals surface area contributed by atoms with Gasteiger partial charge < -0.3 is 14.8 Å². The predicted octanol–water partition coefficient (Wildman–Crippen LogP) is 2.64. The van der Waals surface area contributed by atoms with Crippen LogP contribution in [0.2, 0.25) is 0 Å². The van der Waals surface area contributed by atoms with Crippen molar-refractivity contribution >= 4 is 0 Å². The van der Waals surface area contributed by atoms with E-state index >= 15 is 0 Å². The van der Waals surface area contributed by atoms with Crippen LogP contribution in [0.4, 0.5) is 0 Å². The number of hydrogen-bond acceptors (Lipinski definition) is 3.